The van der Waals surface area contributed by atoms with E-state index < -0.39 is 5.97 Å². The molecule has 0 bridgehead atoms. The lowest BCUT2D eigenvalue weighted by atomic mass is 9.91. The molecular formula is C34H38N4O5. The number of pyridine rings is 1. The number of fused-ring (bicyclic) bond motifs is 1. The summed E-state index contributed by atoms with van der Waals surface area (Å²) in [6.45, 7) is 12.1. The minimum Gasteiger partial charge on any atom is -0.488 e. The summed E-state index contributed by atoms with van der Waals surface area (Å²) in [6.07, 6.45) is 3.21. The van der Waals surface area contributed by atoms with Crippen molar-refractivity contribution < 1.29 is 24.1 Å². The first-order chi connectivity index (χ1) is 20.8. The third-order valence-corrected chi connectivity index (χ3v) is 8.37. The smallest absolute Gasteiger partial charge is 0.342 e. The molecule has 1 fully saturated rings. The quantitative estimate of drug-likeness (QED) is 0.266. The van der Waals surface area contributed by atoms with Gasteiger partial charge in [0.25, 0.3) is 0 Å². The highest BCUT2D eigenvalue weighted by atomic mass is 16.5. The fraction of sp³-hybridized carbons (Fsp3) is 0.382. The van der Waals surface area contributed by atoms with Crippen LogP contribution < -0.4 is 9.47 Å². The molecule has 4 heterocycles. The van der Waals surface area contributed by atoms with Crippen molar-refractivity contribution in [2.45, 2.75) is 65.8 Å². The molecule has 0 unspecified atom stereocenters. The van der Waals surface area contributed by atoms with Gasteiger partial charge < -0.3 is 19.3 Å². The van der Waals surface area contributed by atoms with Gasteiger partial charge >= 0.3 is 5.97 Å². The van der Waals surface area contributed by atoms with Crippen LogP contribution in [0.5, 0.6) is 11.6 Å². The van der Waals surface area contributed by atoms with Crippen LogP contribution in [0.15, 0.2) is 54.7 Å². The molecule has 2 aliphatic rings. The van der Waals surface area contributed by atoms with Crippen LogP contribution in [0.25, 0.3) is 17.1 Å². The van der Waals surface area contributed by atoms with Crippen molar-refractivity contribution >= 4 is 5.97 Å². The Kier molecular flexibility index (Phi) is 8.19. The molecule has 4 aromatic rings. The summed E-state index contributed by atoms with van der Waals surface area (Å²) in [5.74, 6) is 0.264. The lowest BCUT2D eigenvalue weighted by Crippen LogP contribution is -2.39. The van der Waals surface area contributed by atoms with E-state index >= 15 is 0 Å². The minimum atomic E-state index is -1.11. The van der Waals surface area contributed by atoms with Gasteiger partial charge in [0.1, 0.15) is 17.9 Å². The topological polar surface area (TPSA) is 98.9 Å². The maximum atomic E-state index is 11.8. The lowest BCUT2D eigenvalue weighted by molar-refractivity contribution is 0.0690. The average Bonchev–Trinajstić information content (AvgIpc) is 3.68. The zero-order valence-electron chi connectivity index (χ0n) is 25.2. The first-order valence-electron chi connectivity index (χ1n) is 14.9. The van der Waals surface area contributed by atoms with Crippen molar-refractivity contribution in [1.82, 2.24) is 19.7 Å². The molecule has 0 amide bonds. The van der Waals surface area contributed by atoms with Crippen LogP contribution >= 0.6 is 0 Å². The number of hydrogen-bond acceptors (Lipinski definition) is 7. The van der Waals surface area contributed by atoms with Gasteiger partial charge in [0.2, 0.25) is 5.88 Å². The second kappa shape index (κ2) is 12.2. The Balaban J connectivity index is 1.26. The van der Waals surface area contributed by atoms with Crippen molar-refractivity contribution in [2.24, 2.45) is 0 Å². The van der Waals surface area contributed by atoms with E-state index in [4.69, 9.17) is 19.2 Å². The molecule has 0 saturated carbocycles. The van der Waals surface area contributed by atoms with Gasteiger partial charge in [-0.2, -0.15) is 9.78 Å². The van der Waals surface area contributed by atoms with E-state index in [1.807, 2.05) is 51.1 Å². The standard InChI is InChI=1S/C34H38N4O5/c1-21(2)43-33-29(34(39)40)17-35-38(33)31-10-6-9-30(36-31)28-8-5-7-22(3)32(28)42-19-25-12-11-24-18-37(26-14-16-41-20-26)15-13-27(24)23(25)4/h5-12,17,21,26H,13-16,18-20H2,1-4H3,(H,39,40)/t26-/m1/s1. The number of aryl methyl sites for hydroxylation is 1. The molecule has 1 atom stereocenters. The Morgan fingerprint density at radius 1 is 1.14 bits per heavy atom. The van der Waals surface area contributed by atoms with Gasteiger partial charge in [-0.1, -0.05) is 30.3 Å². The summed E-state index contributed by atoms with van der Waals surface area (Å²) >= 11 is 0. The molecule has 1 N–H and O–H groups in total. The second-order valence-electron chi connectivity index (χ2n) is 11.6. The maximum Gasteiger partial charge on any atom is 0.342 e. The van der Waals surface area contributed by atoms with Gasteiger partial charge in [-0.05, 0) is 86.6 Å². The average molecular weight is 583 g/mol. The fourth-order valence-corrected chi connectivity index (χ4v) is 6.06. The van der Waals surface area contributed by atoms with E-state index in [1.54, 1.807) is 6.07 Å². The molecule has 224 valence electrons. The minimum absolute atomic E-state index is 0.0128. The molecule has 1 saturated heterocycles. The van der Waals surface area contributed by atoms with Crippen LogP contribution in [0.1, 0.15) is 58.4 Å². The zero-order valence-corrected chi connectivity index (χ0v) is 25.2. The highest BCUT2D eigenvalue weighted by molar-refractivity contribution is 5.90. The third kappa shape index (κ3) is 5.87. The van der Waals surface area contributed by atoms with E-state index in [9.17, 15) is 9.90 Å². The van der Waals surface area contributed by atoms with Gasteiger partial charge in [0, 0.05) is 31.3 Å². The van der Waals surface area contributed by atoms with Crippen LogP contribution in [0, 0.1) is 13.8 Å². The van der Waals surface area contributed by atoms with Gasteiger partial charge in [0.15, 0.2) is 5.82 Å². The van der Waals surface area contributed by atoms with Crippen LogP contribution in [-0.4, -0.2) is 62.6 Å². The molecule has 0 radical (unpaired) electrons. The molecule has 2 aromatic carbocycles. The van der Waals surface area contributed by atoms with Crippen LogP contribution in [0.4, 0.5) is 0 Å². The molecule has 9 heteroatoms. The summed E-state index contributed by atoms with van der Waals surface area (Å²) in [7, 11) is 0. The molecular weight excluding hydrogens is 544 g/mol. The highest BCUT2D eigenvalue weighted by Crippen LogP contribution is 2.35. The van der Waals surface area contributed by atoms with Crippen molar-refractivity contribution in [2.75, 3.05) is 19.8 Å². The predicted octanol–water partition coefficient (Wildman–Crippen LogP) is 5.76. The fourth-order valence-electron chi connectivity index (χ4n) is 6.06. The first kappa shape index (κ1) is 28.9. The largest absolute Gasteiger partial charge is 0.488 e. The third-order valence-electron chi connectivity index (χ3n) is 8.37. The van der Waals surface area contributed by atoms with Crippen LogP contribution in [-0.2, 0) is 24.3 Å². The van der Waals surface area contributed by atoms with E-state index in [0.29, 0.717) is 24.2 Å². The SMILES string of the molecule is Cc1cccc(-c2cccc(-n3ncc(C(=O)O)c3OC(C)C)n2)c1OCc1ccc2c(c1C)CCN([C@@H]1CCOC1)C2. The van der Waals surface area contributed by atoms with Crippen molar-refractivity contribution in [3.05, 3.63) is 88.1 Å². The van der Waals surface area contributed by atoms with E-state index in [-0.39, 0.29) is 17.5 Å². The van der Waals surface area contributed by atoms with Gasteiger partial charge in [-0.3, -0.25) is 4.90 Å². The molecule has 6 rings (SSSR count). The first-order valence-corrected chi connectivity index (χ1v) is 14.9. The van der Waals surface area contributed by atoms with E-state index in [2.05, 4.69) is 29.1 Å². The van der Waals surface area contributed by atoms with Gasteiger partial charge in [-0.25, -0.2) is 9.78 Å². The maximum absolute atomic E-state index is 11.8. The van der Waals surface area contributed by atoms with Crippen LogP contribution in [0.2, 0.25) is 0 Å². The monoisotopic (exact) mass is 582 g/mol. The number of carboxylic acid groups (broad SMARTS) is 1. The number of para-hydroxylation sites is 1. The Labute approximate surface area is 252 Å². The summed E-state index contributed by atoms with van der Waals surface area (Å²) in [5.41, 5.74) is 7.87. The molecule has 0 aliphatic carbocycles. The highest BCUT2D eigenvalue weighted by Gasteiger charge is 2.28. The lowest BCUT2D eigenvalue weighted by Gasteiger charge is -2.34. The number of aromatic carboxylic acids is 1. The number of carboxylic acids is 1. The Morgan fingerprint density at radius 3 is 2.74 bits per heavy atom. The zero-order chi connectivity index (χ0) is 30.1. The predicted molar refractivity (Wildman–Crippen MR) is 163 cm³/mol. The molecule has 43 heavy (non-hydrogen) atoms. The van der Waals surface area contributed by atoms with E-state index in [0.717, 1.165) is 56.0 Å². The van der Waals surface area contributed by atoms with Crippen molar-refractivity contribution in [1.29, 1.82) is 0 Å². The molecule has 2 aliphatic heterocycles. The molecule has 0 spiro atoms. The molecule has 2 aromatic heterocycles. The number of nitrogens with zero attached hydrogens (tertiary/aromatic N) is 4. The number of aromatic nitrogens is 3. The van der Waals surface area contributed by atoms with Gasteiger partial charge in [0.05, 0.1) is 24.6 Å². The van der Waals surface area contributed by atoms with Crippen molar-refractivity contribution in [3.8, 4) is 28.7 Å². The van der Waals surface area contributed by atoms with Crippen LogP contribution in [0.3, 0.4) is 0 Å². The Hall–Kier alpha value is -4.21. The summed E-state index contributed by atoms with van der Waals surface area (Å²) in [6, 6.07) is 16.6. The summed E-state index contributed by atoms with van der Waals surface area (Å²) < 4.78 is 19.4. The van der Waals surface area contributed by atoms with Gasteiger partial charge in [-0.15, -0.1) is 0 Å². The normalized spacial score (nSPS) is 16.8. The Bertz CT molecular complexity index is 1640. The second-order valence-corrected chi connectivity index (χ2v) is 11.6. The molecule has 9 nitrogen and oxygen atoms in total. The number of hydrogen-bond donors (Lipinski definition) is 1. The summed E-state index contributed by atoms with van der Waals surface area (Å²) in [4.78, 5) is 19.2. The van der Waals surface area contributed by atoms with E-state index in [1.165, 1.54) is 33.1 Å². The number of ether oxygens (including phenoxy) is 3. The van der Waals surface area contributed by atoms with Crippen molar-refractivity contribution in [3.63, 3.8) is 0 Å². The number of rotatable bonds is 9. The summed E-state index contributed by atoms with van der Waals surface area (Å²) in [5, 5.41) is 13.9. The number of carbonyl (C=O) groups is 1. The number of benzene rings is 2. The Morgan fingerprint density at radius 2 is 1.98 bits per heavy atom.